The van der Waals surface area contributed by atoms with Gasteiger partial charge < -0.3 is 24.6 Å². The first kappa shape index (κ1) is 24.2. The Morgan fingerprint density at radius 3 is 2.62 bits per heavy atom. The van der Waals surface area contributed by atoms with Crippen LogP contribution in [-0.4, -0.2) is 59.7 Å². The molecule has 2 aromatic carbocycles. The van der Waals surface area contributed by atoms with E-state index in [0.717, 1.165) is 60.1 Å². The average Bonchev–Trinajstić information content (AvgIpc) is 3.56. The van der Waals surface area contributed by atoms with Crippen LogP contribution in [0.25, 0.3) is 10.9 Å². The number of fused-ring (bicyclic) bond motifs is 3. The molecule has 7 nitrogen and oxygen atoms in total. The highest BCUT2D eigenvalue weighted by atomic mass is 16.7. The number of pyridine rings is 1. The van der Waals surface area contributed by atoms with Gasteiger partial charge in [-0.05, 0) is 67.5 Å². The van der Waals surface area contributed by atoms with E-state index in [9.17, 15) is 5.11 Å². The second-order valence-electron chi connectivity index (χ2n) is 10.3. The molecular weight excluding hydrogens is 466 g/mol. The van der Waals surface area contributed by atoms with Gasteiger partial charge in [-0.3, -0.25) is 9.88 Å². The molecule has 4 atom stereocenters. The minimum Gasteiger partial charge on any atom is -0.497 e. The summed E-state index contributed by atoms with van der Waals surface area (Å²) < 4.78 is 16.7. The first-order valence-corrected chi connectivity index (χ1v) is 13.3. The summed E-state index contributed by atoms with van der Waals surface area (Å²) in [5.74, 6) is 1.69. The summed E-state index contributed by atoms with van der Waals surface area (Å²) >= 11 is 0. The van der Waals surface area contributed by atoms with Crippen molar-refractivity contribution in [1.82, 2.24) is 15.2 Å². The second-order valence-corrected chi connectivity index (χ2v) is 10.3. The zero-order chi connectivity index (χ0) is 25.2. The van der Waals surface area contributed by atoms with Gasteiger partial charge in [-0.25, -0.2) is 0 Å². The van der Waals surface area contributed by atoms with Crippen molar-refractivity contribution in [2.45, 2.75) is 62.3 Å². The number of rotatable bonds is 9. The zero-order valence-electron chi connectivity index (χ0n) is 21.3. The monoisotopic (exact) mass is 501 g/mol. The third-order valence-corrected chi connectivity index (χ3v) is 8.22. The fraction of sp³-hybridized carbons (Fsp3) is 0.433. The molecule has 3 aromatic rings. The van der Waals surface area contributed by atoms with Crippen LogP contribution in [0.1, 0.15) is 42.9 Å². The van der Waals surface area contributed by atoms with Crippen molar-refractivity contribution in [1.29, 1.82) is 0 Å². The van der Waals surface area contributed by atoms with E-state index in [1.165, 1.54) is 5.56 Å². The van der Waals surface area contributed by atoms with Crippen molar-refractivity contribution in [2.75, 3.05) is 20.5 Å². The summed E-state index contributed by atoms with van der Waals surface area (Å²) in [5.41, 5.74) is 3.33. The van der Waals surface area contributed by atoms with Crippen molar-refractivity contribution in [3.8, 4) is 5.75 Å². The maximum absolute atomic E-state index is 10.7. The lowest BCUT2D eigenvalue weighted by molar-refractivity contribution is 0.0346. The molecule has 7 heteroatoms. The summed E-state index contributed by atoms with van der Waals surface area (Å²) in [7, 11) is 1.68. The summed E-state index contributed by atoms with van der Waals surface area (Å²) in [6.07, 6.45) is 8.85. The Morgan fingerprint density at radius 2 is 1.92 bits per heavy atom. The van der Waals surface area contributed by atoms with E-state index in [1.807, 2.05) is 30.5 Å². The largest absolute Gasteiger partial charge is 0.497 e. The number of aliphatic hydroxyl groups is 1. The van der Waals surface area contributed by atoms with Gasteiger partial charge in [-0.1, -0.05) is 30.3 Å². The molecule has 0 aliphatic carbocycles. The van der Waals surface area contributed by atoms with Gasteiger partial charge in [0, 0.05) is 29.7 Å². The van der Waals surface area contributed by atoms with E-state index in [2.05, 4.69) is 45.5 Å². The number of aromatic nitrogens is 1. The Balaban J connectivity index is 1.22. The number of methoxy groups -OCH3 is 1. The van der Waals surface area contributed by atoms with E-state index in [1.54, 1.807) is 13.4 Å². The topological polar surface area (TPSA) is 76.1 Å². The number of piperidine rings is 1. The number of hydrogen-bond donors (Lipinski definition) is 2. The predicted molar refractivity (Wildman–Crippen MR) is 142 cm³/mol. The first-order valence-electron chi connectivity index (χ1n) is 13.3. The molecule has 0 saturated carbocycles. The van der Waals surface area contributed by atoms with Gasteiger partial charge in [-0.2, -0.15) is 0 Å². The van der Waals surface area contributed by atoms with Gasteiger partial charge in [0.1, 0.15) is 12.0 Å². The molecule has 194 valence electrons. The van der Waals surface area contributed by atoms with E-state index >= 15 is 0 Å². The molecule has 2 saturated heterocycles. The SMILES string of the molecule is COc1ccc2nccc(C(CO)N3C4CCC3CC(NC(Cc3ccccc3)C3=COCO3)C4)c2c1. The van der Waals surface area contributed by atoms with E-state index in [-0.39, 0.29) is 25.5 Å². The molecule has 2 N–H and O–H groups in total. The zero-order valence-corrected chi connectivity index (χ0v) is 21.3. The molecule has 37 heavy (non-hydrogen) atoms. The lowest BCUT2D eigenvalue weighted by Crippen LogP contribution is -2.53. The van der Waals surface area contributed by atoms with Crippen molar-refractivity contribution in [3.05, 3.63) is 83.9 Å². The summed E-state index contributed by atoms with van der Waals surface area (Å²) in [6, 6.07) is 19.8. The molecule has 2 fully saturated rings. The first-order chi connectivity index (χ1) is 18.2. The number of nitrogens with zero attached hydrogens (tertiary/aromatic N) is 2. The third kappa shape index (κ3) is 4.91. The van der Waals surface area contributed by atoms with Gasteiger partial charge in [0.25, 0.3) is 0 Å². The number of aliphatic hydroxyl groups excluding tert-OH is 1. The van der Waals surface area contributed by atoms with Crippen LogP contribution >= 0.6 is 0 Å². The lowest BCUT2D eigenvalue weighted by atomic mass is 9.91. The van der Waals surface area contributed by atoms with Gasteiger partial charge in [0.15, 0.2) is 5.76 Å². The molecule has 2 bridgehead atoms. The normalized spacial score (nSPS) is 24.8. The van der Waals surface area contributed by atoms with Crippen molar-refractivity contribution < 1.29 is 19.3 Å². The van der Waals surface area contributed by atoms with Crippen LogP contribution in [0.5, 0.6) is 5.75 Å². The summed E-state index contributed by atoms with van der Waals surface area (Å²) in [6.45, 7) is 0.366. The molecule has 0 spiro atoms. The van der Waals surface area contributed by atoms with E-state index in [0.29, 0.717) is 18.1 Å². The van der Waals surface area contributed by atoms with Crippen molar-refractivity contribution in [2.24, 2.45) is 0 Å². The van der Waals surface area contributed by atoms with Crippen molar-refractivity contribution >= 4 is 10.9 Å². The Kier molecular flexibility index (Phi) is 7.00. The number of nitrogens with one attached hydrogen (secondary N) is 1. The van der Waals surface area contributed by atoms with Crippen LogP contribution in [0.3, 0.4) is 0 Å². The predicted octanol–water partition coefficient (Wildman–Crippen LogP) is 4.32. The van der Waals surface area contributed by atoms with Crippen LogP contribution in [0, 0.1) is 0 Å². The molecule has 0 radical (unpaired) electrons. The van der Waals surface area contributed by atoms with Gasteiger partial charge in [0.05, 0.1) is 31.3 Å². The van der Waals surface area contributed by atoms with Gasteiger partial charge in [0.2, 0.25) is 6.79 Å². The highest BCUT2D eigenvalue weighted by Gasteiger charge is 2.45. The maximum Gasteiger partial charge on any atom is 0.229 e. The average molecular weight is 502 g/mol. The van der Waals surface area contributed by atoms with Gasteiger partial charge >= 0.3 is 0 Å². The Morgan fingerprint density at radius 1 is 1.11 bits per heavy atom. The van der Waals surface area contributed by atoms with Crippen molar-refractivity contribution in [3.63, 3.8) is 0 Å². The number of hydrogen-bond acceptors (Lipinski definition) is 7. The Bertz CT molecular complexity index is 1240. The molecular formula is C30H35N3O4. The van der Waals surface area contributed by atoms with E-state index in [4.69, 9.17) is 14.2 Å². The molecule has 4 unspecified atom stereocenters. The highest BCUT2D eigenvalue weighted by molar-refractivity contribution is 5.84. The van der Waals surface area contributed by atoms with Crippen LogP contribution in [0.2, 0.25) is 0 Å². The Hall–Kier alpha value is -3.13. The van der Waals surface area contributed by atoms with Crippen LogP contribution in [0.15, 0.2) is 72.8 Å². The fourth-order valence-corrected chi connectivity index (χ4v) is 6.59. The van der Waals surface area contributed by atoms with Gasteiger partial charge in [-0.15, -0.1) is 0 Å². The lowest BCUT2D eigenvalue weighted by Gasteiger charge is -2.44. The maximum atomic E-state index is 10.7. The quantitative estimate of drug-likeness (QED) is 0.452. The molecule has 0 amide bonds. The number of benzene rings is 2. The van der Waals surface area contributed by atoms with Crippen LogP contribution in [-0.2, 0) is 15.9 Å². The fourth-order valence-electron chi connectivity index (χ4n) is 6.59. The molecule has 3 aliphatic rings. The third-order valence-electron chi connectivity index (χ3n) is 8.22. The Labute approximate surface area is 218 Å². The summed E-state index contributed by atoms with van der Waals surface area (Å²) in [5, 5.41) is 15.6. The minimum absolute atomic E-state index is 0.0644. The second kappa shape index (κ2) is 10.7. The smallest absolute Gasteiger partial charge is 0.229 e. The highest BCUT2D eigenvalue weighted by Crippen LogP contribution is 2.43. The minimum atomic E-state index is -0.0644. The molecule has 4 heterocycles. The standard InChI is InChI=1S/C30H35N3O4/c1-35-24-9-10-27-26(16-24)25(11-12-31-27)29(17-34)33-22-7-8-23(33)15-21(14-22)32-28(30-18-36-19-37-30)13-20-5-3-2-4-6-20/h2-6,9-12,16,18,21-23,28-29,32,34H,7-8,13-15,17,19H2,1H3. The van der Waals surface area contributed by atoms with Crippen LogP contribution < -0.4 is 10.1 Å². The molecule has 6 rings (SSSR count). The van der Waals surface area contributed by atoms with E-state index < -0.39 is 0 Å². The summed E-state index contributed by atoms with van der Waals surface area (Å²) in [4.78, 5) is 7.13. The van der Waals surface area contributed by atoms with Crippen LogP contribution in [0.4, 0.5) is 0 Å². The number of ether oxygens (including phenoxy) is 3. The molecule has 3 aliphatic heterocycles. The molecule has 1 aromatic heterocycles.